The van der Waals surface area contributed by atoms with Crippen molar-refractivity contribution in [2.24, 2.45) is 11.5 Å². The van der Waals surface area contributed by atoms with Gasteiger partial charge in [-0.25, -0.2) is 0 Å². The summed E-state index contributed by atoms with van der Waals surface area (Å²) in [6.45, 7) is 1.13. The van der Waals surface area contributed by atoms with Crippen LogP contribution in [0.2, 0.25) is 1.41 Å². The predicted octanol–water partition coefficient (Wildman–Crippen LogP) is -0.518. The van der Waals surface area contributed by atoms with Crippen LogP contribution in [0.4, 0.5) is 0 Å². The first kappa shape index (κ1) is 5.40. The molecule has 2 nitrogen and oxygen atoms in total. The lowest BCUT2D eigenvalue weighted by atomic mass is 10.7. The average Bonchev–Trinajstić information content (AvgIpc) is 1.41. The first-order valence-corrected chi connectivity index (χ1v) is 1.26. The summed E-state index contributed by atoms with van der Waals surface area (Å²) in [4.78, 5) is 0. The van der Waals surface area contributed by atoms with Gasteiger partial charge in [0.05, 0.1) is 0 Å². The quantitative estimate of drug-likeness (QED) is 0.545. The summed E-state index contributed by atoms with van der Waals surface area (Å²) in [5, 5.41) is 0. The van der Waals surface area contributed by atoms with Crippen LogP contribution in [0.5, 0.6) is 0 Å². The van der Waals surface area contributed by atoms with E-state index in [1.54, 1.807) is 0 Å². The lowest BCUT2D eigenvalue weighted by Crippen LogP contribution is -2.11. The maximum absolute atomic E-state index is 6.27. The third-order valence-electron chi connectivity index (χ3n) is 0.144. The monoisotopic (exact) mass is 141 g/mol. The molecule has 0 radical (unpaired) electrons. The van der Waals surface area contributed by atoms with Gasteiger partial charge in [-0.15, -0.1) is 17.0 Å². The summed E-state index contributed by atoms with van der Waals surface area (Å²) in [6.07, 6.45) is 0. The van der Waals surface area contributed by atoms with Crippen LogP contribution >= 0.6 is 17.0 Å². The summed E-state index contributed by atoms with van der Waals surface area (Å²) < 4.78 is 6.27. The van der Waals surface area contributed by atoms with E-state index in [4.69, 9.17) is 7.15 Å². The summed E-state index contributed by atoms with van der Waals surface area (Å²) in [6, 6.07) is 0. The van der Waals surface area contributed by atoms with Crippen molar-refractivity contribution in [3.63, 3.8) is 0 Å². The van der Waals surface area contributed by atoms with Crippen molar-refractivity contribution in [2.45, 2.75) is 0 Å². The number of nitrogens with two attached hydrogens (primary N) is 2. The SMILES string of the molecule is Br.[2H]NCCN. The summed E-state index contributed by atoms with van der Waals surface area (Å²) in [5.74, 6) is 0. The van der Waals surface area contributed by atoms with Gasteiger partial charge in [0.15, 0.2) is 0 Å². The van der Waals surface area contributed by atoms with Crippen LogP contribution in [0.1, 0.15) is 0 Å². The fraction of sp³-hybridized carbons (Fsp3) is 1.00. The Hall–Kier alpha value is 0.400. The highest BCUT2D eigenvalue weighted by molar-refractivity contribution is 8.93. The molecule has 0 amide bonds. The minimum absolute atomic E-state index is 0. The van der Waals surface area contributed by atoms with Gasteiger partial charge in [-0.05, 0) is 0 Å². The Bertz CT molecular complexity index is 19.0. The molecule has 5 heavy (non-hydrogen) atoms. The number of hydrogen-bond acceptors (Lipinski definition) is 2. The molecular formula is C2H9BrN2. The van der Waals surface area contributed by atoms with Crippen LogP contribution in [0.3, 0.4) is 0 Å². The third-order valence-corrected chi connectivity index (χ3v) is 0.144. The van der Waals surface area contributed by atoms with Crippen molar-refractivity contribution in [2.75, 3.05) is 13.1 Å². The summed E-state index contributed by atoms with van der Waals surface area (Å²) in [5.41, 5.74) is 7.10. The standard InChI is InChI=1S/C2H8N2.BrH/c3-1-2-4;/h1-4H2;1H/i/hD. The Labute approximate surface area is 43.8 Å². The van der Waals surface area contributed by atoms with Crippen molar-refractivity contribution in [1.82, 2.24) is 0 Å². The number of rotatable bonds is 2. The summed E-state index contributed by atoms with van der Waals surface area (Å²) >= 11 is 0. The molecule has 0 aromatic heterocycles. The highest BCUT2D eigenvalue weighted by atomic mass is 79.9. The Balaban J connectivity index is 0. The van der Waals surface area contributed by atoms with Gasteiger partial charge in [0.25, 0.3) is 0 Å². The van der Waals surface area contributed by atoms with Gasteiger partial charge >= 0.3 is 0 Å². The van der Waals surface area contributed by atoms with Crippen LogP contribution in [-0.4, -0.2) is 13.1 Å². The van der Waals surface area contributed by atoms with Crippen LogP contribution in [0.25, 0.3) is 0 Å². The molecule has 0 aromatic rings. The van der Waals surface area contributed by atoms with E-state index in [0.29, 0.717) is 13.1 Å². The lowest BCUT2D eigenvalue weighted by Gasteiger charge is -1.72. The van der Waals surface area contributed by atoms with Crippen molar-refractivity contribution < 1.29 is 1.41 Å². The van der Waals surface area contributed by atoms with E-state index >= 15 is 0 Å². The number of hydrogen-bond donors (Lipinski definition) is 2. The van der Waals surface area contributed by atoms with Crippen molar-refractivity contribution in [3.05, 3.63) is 0 Å². The van der Waals surface area contributed by atoms with Gasteiger partial charge in [0.1, 0.15) is 1.41 Å². The smallest absolute Gasteiger partial charge is 0.118 e. The predicted molar refractivity (Wildman–Crippen MR) is 28.4 cm³/mol. The molecule has 0 aliphatic rings. The van der Waals surface area contributed by atoms with Gasteiger partial charge in [-0.3, -0.25) is 0 Å². The minimum Gasteiger partial charge on any atom is -0.329 e. The molecule has 4 N–H and O–H groups in total. The molecule has 0 bridgehead atoms. The maximum atomic E-state index is 6.27. The van der Waals surface area contributed by atoms with Crippen LogP contribution < -0.4 is 11.5 Å². The second-order valence-corrected chi connectivity index (χ2v) is 0.539. The zero-order valence-electron chi connectivity index (χ0n) is 3.90. The normalized spacial score (nSPS) is 8.60. The van der Waals surface area contributed by atoms with E-state index < -0.39 is 0 Å². The largest absolute Gasteiger partial charge is 0.329 e. The maximum Gasteiger partial charge on any atom is 0.118 e. The molecule has 0 saturated carbocycles. The van der Waals surface area contributed by atoms with Gasteiger partial charge in [0, 0.05) is 13.1 Å². The molecular weight excluding hydrogens is 132 g/mol. The van der Waals surface area contributed by atoms with Crippen LogP contribution in [0.15, 0.2) is 0 Å². The van der Waals surface area contributed by atoms with Gasteiger partial charge in [-0.2, -0.15) is 0 Å². The first-order chi connectivity index (χ1) is 2.41. The summed E-state index contributed by atoms with van der Waals surface area (Å²) in [7, 11) is 0. The van der Waals surface area contributed by atoms with E-state index in [1.807, 2.05) is 0 Å². The zero-order valence-corrected chi connectivity index (χ0v) is 4.61. The zero-order chi connectivity index (χ0) is 4.12. The molecule has 0 fully saturated rings. The lowest BCUT2D eigenvalue weighted by molar-refractivity contribution is 0.976. The Morgan fingerprint density at radius 2 is 2.20 bits per heavy atom. The van der Waals surface area contributed by atoms with Gasteiger partial charge < -0.3 is 11.5 Å². The second kappa shape index (κ2) is 8.83. The fourth-order valence-corrected chi connectivity index (χ4v) is 0. The first-order valence-electron chi connectivity index (χ1n) is 1.76. The van der Waals surface area contributed by atoms with Crippen LogP contribution in [0, 0.1) is 0 Å². The molecule has 0 aliphatic carbocycles. The van der Waals surface area contributed by atoms with E-state index in [1.165, 1.54) is 0 Å². The molecule has 0 heterocycles. The third kappa shape index (κ3) is 12.9. The van der Waals surface area contributed by atoms with Gasteiger partial charge in [-0.1, -0.05) is 0 Å². The van der Waals surface area contributed by atoms with Crippen molar-refractivity contribution in [3.8, 4) is 0 Å². The van der Waals surface area contributed by atoms with E-state index in [9.17, 15) is 0 Å². The molecule has 0 aliphatic heterocycles. The molecule has 34 valence electrons. The molecule has 0 saturated heterocycles. The van der Waals surface area contributed by atoms with E-state index in [2.05, 4.69) is 5.73 Å². The van der Waals surface area contributed by atoms with E-state index in [-0.39, 0.29) is 17.0 Å². The highest BCUT2D eigenvalue weighted by Crippen LogP contribution is 1.24. The molecule has 3 heteroatoms. The molecule has 0 spiro atoms. The Kier molecular flexibility index (Phi) is 9.54. The molecule has 0 rings (SSSR count). The number of halogens is 1. The Morgan fingerprint density at radius 1 is 1.60 bits per heavy atom. The topological polar surface area (TPSA) is 52.0 Å². The van der Waals surface area contributed by atoms with Crippen molar-refractivity contribution in [1.29, 1.82) is 0 Å². The highest BCUT2D eigenvalue weighted by Gasteiger charge is 1.54. The second-order valence-electron chi connectivity index (χ2n) is 0.539. The molecule has 0 aromatic carbocycles. The minimum atomic E-state index is 0. The van der Waals surface area contributed by atoms with E-state index in [0.717, 1.165) is 0 Å². The van der Waals surface area contributed by atoms with Crippen molar-refractivity contribution >= 4 is 17.0 Å². The average molecular weight is 142 g/mol. The molecule has 0 atom stereocenters. The van der Waals surface area contributed by atoms with Gasteiger partial charge in [0.2, 0.25) is 0 Å². The molecule has 0 unspecified atom stereocenters. The fourth-order valence-electron chi connectivity index (χ4n) is 0. The Morgan fingerprint density at radius 3 is 2.20 bits per heavy atom. The van der Waals surface area contributed by atoms with Crippen LogP contribution in [-0.2, 0) is 0 Å².